The second-order valence-corrected chi connectivity index (χ2v) is 7.74. The van der Waals surface area contributed by atoms with Gasteiger partial charge in [0.2, 0.25) is 5.91 Å². The van der Waals surface area contributed by atoms with E-state index >= 15 is 0 Å². The van der Waals surface area contributed by atoms with Gasteiger partial charge in [-0.15, -0.1) is 11.3 Å². The van der Waals surface area contributed by atoms with Gasteiger partial charge in [0.15, 0.2) is 11.6 Å². The number of aliphatic carboxylic acids is 2. The Hall–Kier alpha value is -3.80. The molecule has 2 aromatic rings. The summed E-state index contributed by atoms with van der Waals surface area (Å²) < 4.78 is 19.1. The standard InChI is InChI=1S/C20H20FN3O7S/c21-13-9-11(19(22)23)1-4-14(13)31-20(30)15-5-2-12(32-15)3-6-16(25)24(10-18(28)29)8-7-17(26)27/h1-2,4-5,9H,3,6-8,10H2,(H3,22,23)(H,26,27)(H,28,29). The molecule has 0 aliphatic carbocycles. The lowest BCUT2D eigenvalue weighted by Gasteiger charge is -2.19. The summed E-state index contributed by atoms with van der Waals surface area (Å²) in [6.45, 7) is -0.835. The summed E-state index contributed by atoms with van der Waals surface area (Å²) in [6.07, 6.45) is -0.261. The lowest BCUT2D eigenvalue weighted by molar-refractivity contribution is -0.146. The van der Waals surface area contributed by atoms with Crippen LogP contribution < -0.4 is 10.5 Å². The molecule has 12 heteroatoms. The van der Waals surface area contributed by atoms with E-state index in [4.69, 9.17) is 26.1 Å². The van der Waals surface area contributed by atoms with Gasteiger partial charge in [-0.1, -0.05) is 0 Å². The molecular formula is C20H20FN3O7S. The van der Waals surface area contributed by atoms with Gasteiger partial charge in [-0.05, 0) is 36.8 Å². The second-order valence-electron chi connectivity index (χ2n) is 6.57. The number of benzene rings is 1. The maximum absolute atomic E-state index is 14.0. The van der Waals surface area contributed by atoms with Gasteiger partial charge in [-0.3, -0.25) is 19.8 Å². The quantitative estimate of drug-likeness (QED) is 0.168. The Bertz CT molecular complexity index is 1050. The van der Waals surface area contributed by atoms with Gasteiger partial charge >= 0.3 is 17.9 Å². The molecule has 1 aromatic carbocycles. The fourth-order valence-corrected chi connectivity index (χ4v) is 3.48. The van der Waals surface area contributed by atoms with Crippen LogP contribution in [-0.4, -0.2) is 57.9 Å². The van der Waals surface area contributed by atoms with Gasteiger partial charge in [-0.2, -0.15) is 0 Å². The molecule has 0 bridgehead atoms. The van der Waals surface area contributed by atoms with Gasteiger partial charge < -0.3 is 25.6 Å². The number of esters is 1. The molecule has 0 aliphatic heterocycles. The van der Waals surface area contributed by atoms with Gasteiger partial charge in [0.05, 0.1) is 6.42 Å². The van der Waals surface area contributed by atoms with E-state index < -0.39 is 36.2 Å². The molecule has 1 amide bonds. The van der Waals surface area contributed by atoms with Crippen molar-refractivity contribution in [3.05, 3.63) is 51.5 Å². The summed E-state index contributed by atoms with van der Waals surface area (Å²) in [4.78, 5) is 47.9. The molecule has 0 saturated heterocycles. The number of rotatable bonds is 11. The van der Waals surface area contributed by atoms with Crippen molar-refractivity contribution >= 4 is 41.0 Å². The van der Waals surface area contributed by atoms with E-state index in [0.29, 0.717) is 4.88 Å². The summed E-state index contributed by atoms with van der Waals surface area (Å²) >= 11 is 1.03. The summed E-state index contributed by atoms with van der Waals surface area (Å²) in [7, 11) is 0. The fourth-order valence-electron chi connectivity index (χ4n) is 2.60. The zero-order valence-corrected chi connectivity index (χ0v) is 17.5. The van der Waals surface area contributed by atoms with Crippen LogP contribution in [0.25, 0.3) is 0 Å². The number of carbonyl (C=O) groups is 4. The molecule has 0 atom stereocenters. The van der Waals surface area contributed by atoms with Gasteiger partial charge in [0, 0.05) is 23.4 Å². The van der Waals surface area contributed by atoms with Crippen LogP contribution in [0.1, 0.15) is 33.0 Å². The molecule has 1 heterocycles. The fraction of sp³-hybridized carbons (Fsp3) is 0.250. The lowest BCUT2D eigenvalue weighted by Crippen LogP contribution is -2.37. The first-order valence-electron chi connectivity index (χ1n) is 9.23. The van der Waals surface area contributed by atoms with E-state index in [0.717, 1.165) is 22.3 Å². The number of nitrogen functional groups attached to an aromatic ring is 1. The van der Waals surface area contributed by atoms with Gasteiger partial charge in [0.1, 0.15) is 17.3 Å². The molecule has 1 aromatic heterocycles. The van der Waals surface area contributed by atoms with E-state index in [-0.39, 0.29) is 47.8 Å². The molecule has 5 N–H and O–H groups in total. The predicted octanol–water partition coefficient (Wildman–Crippen LogP) is 1.71. The van der Waals surface area contributed by atoms with Crippen molar-refractivity contribution in [2.45, 2.75) is 19.3 Å². The molecule has 0 saturated carbocycles. The van der Waals surface area contributed by atoms with E-state index in [1.165, 1.54) is 18.2 Å². The molecule has 32 heavy (non-hydrogen) atoms. The third-order valence-electron chi connectivity index (χ3n) is 4.17. The molecule has 0 unspecified atom stereocenters. The normalized spacial score (nSPS) is 10.4. The Morgan fingerprint density at radius 3 is 2.41 bits per heavy atom. The smallest absolute Gasteiger partial charge is 0.353 e. The number of nitrogens with zero attached hydrogens (tertiary/aromatic N) is 1. The second kappa shape index (κ2) is 11.0. The highest BCUT2D eigenvalue weighted by Crippen LogP contribution is 2.23. The number of amidine groups is 1. The highest BCUT2D eigenvalue weighted by Gasteiger charge is 2.19. The number of carboxylic acids is 2. The molecule has 0 aliphatic rings. The molecule has 0 fully saturated rings. The largest absolute Gasteiger partial charge is 0.481 e. The number of thiophene rings is 1. The summed E-state index contributed by atoms with van der Waals surface area (Å²) in [5.41, 5.74) is 5.42. The first kappa shape index (κ1) is 24.5. The first-order chi connectivity index (χ1) is 15.1. The van der Waals surface area contributed by atoms with Crippen molar-refractivity contribution in [2.75, 3.05) is 13.1 Å². The van der Waals surface area contributed by atoms with Crippen LogP contribution in [-0.2, 0) is 20.8 Å². The number of carbonyl (C=O) groups excluding carboxylic acids is 2. The van der Waals surface area contributed by atoms with E-state index in [1.807, 2.05) is 0 Å². The number of hydrogen-bond donors (Lipinski definition) is 4. The maximum atomic E-state index is 14.0. The SMILES string of the molecule is N=C(N)c1ccc(OC(=O)c2ccc(CCC(=O)N(CCC(=O)O)CC(=O)O)s2)c(F)c1. The minimum atomic E-state index is -1.26. The Morgan fingerprint density at radius 1 is 1.09 bits per heavy atom. The van der Waals surface area contributed by atoms with Crippen LogP contribution in [0.15, 0.2) is 30.3 Å². The third kappa shape index (κ3) is 7.16. The molecule has 170 valence electrons. The Kier molecular flexibility index (Phi) is 8.41. The molecule has 0 radical (unpaired) electrons. The minimum absolute atomic E-state index is 0.0803. The molecular weight excluding hydrogens is 445 g/mol. The van der Waals surface area contributed by atoms with Crippen LogP contribution in [0.4, 0.5) is 4.39 Å². The highest BCUT2D eigenvalue weighted by molar-refractivity contribution is 7.13. The number of nitrogens with two attached hydrogens (primary N) is 1. The third-order valence-corrected chi connectivity index (χ3v) is 5.29. The molecule has 0 spiro atoms. The van der Waals surface area contributed by atoms with Crippen molar-refractivity contribution in [3.63, 3.8) is 0 Å². The summed E-state index contributed by atoms with van der Waals surface area (Å²) in [5, 5.41) is 24.9. The number of nitrogens with one attached hydrogen (secondary N) is 1. The Balaban J connectivity index is 1.97. The molecule has 2 rings (SSSR count). The monoisotopic (exact) mass is 465 g/mol. The Morgan fingerprint density at radius 2 is 1.81 bits per heavy atom. The lowest BCUT2D eigenvalue weighted by atomic mass is 10.2. The van der Waals surface area contributed by atoms with Gasteiger partial charge in [0.25, 0.3) is 0 Å². The number of carboxylic acid groups (broad SMARTS) is 2. The zero-order chi connectivity index (χ0) is 23.8. The summed E-state index contributed by atoms with van der Waals surface area (Å²) in [5.74, 6) is -5.25. The highest BCUT2D eigenvalue weighted by atomic mass is 32.1. The van der Waals surface area contributed by atoms with Crippen molar-refractivity contribution in [1.82, 2.24) is 4.90 Å². The zero-order valence-electron chi connectivity index (χ0n) is 16.7. The van der Waals surface area contributed by atoms with Crippen LogP contribution in [0.2, 0.25) is 0 Å². The Labute approximate surface area is 185 Å². The first-order valence-corrected chi connectivity index (χ1v) is 10.0. The molecule has 10 nitrogen and oxygen atoms in total. The van der Waals surface area contributed by atoms with E-state index in [9.17, 15) is 23.6 Å². The van der Waals surface area contributed by atoms with Crippen LogP contribution in [0.3, 0.4) is 0 Å². The van der Waals surface area contributed by atoms with Crippen molar-refractivity contribution < 1.29 is 38.5 Å². The van der Waals surface area contributed by atoms with Crippen molar-refractivity contribution in [2.24, 2.45) is 5.73 Å². The summed E-state index contributed by atoms with van der Waals surface area (Å²) in [6, 6.07) is 6.54. The average molecular weight is 465 g/mol. The predicted molar refractivity (Wildman–Crippen MR) is 111 cm³/mol. The average Bonchev–Trinajstić information content (AvgIpc) is 3.19. The number of aryl methyl sites for hydroxylation is 1. The minimum Gasteiger partial charge on any atom is -0.481 e. The van der Waals surface area contributed by atoms with Gasteiger partial charge in [-0.25, -0.2) is 9.18 Å². The van der Waals surface area contributed by atoms with E-state index in [2.05, 4.69) is 0 Å². The van der Waals surface area contributed by atoms with E-state index in [1.54, 1.807) is 6.07 Å². The topological polar surface area (TPSA) is 171 Å². The number of amides is 1. The number of halogens is 1. The maximum Gasteiger partial charge on any atom is 0.353 e. The number of hydrogen-bond acceptors (Lipinski definition) is 7. The number of ether oxygens (including phenoxy) is 1. The van der Waals surface area contributed by atoms with Crippen LogP contribution in [0.5, 0.6) is 5.75 Å². The van der Waals surface area contributed by atoms with Crippen molar-refractivity contribution in [1.29, 1.82) is 5.41 Å². The van der Waals surface area contributed by atoms with Crippen LogP contribution >= 0.6 is 11.3 Å². The van der Waals surface area contributed by atoms with Crippen LogP contribution in [0, 0.1) is 11.2 Å². The van der Waals surface area contributed by atoms with Crippen molar-refractivity contribution in [3.8, 4) is 5.75 Å².